The number of carbonyl (C=O) groups is 1. The maximum atomic E-state index is 12.3. The molecule has 112 valence electrons. The summed E-state index contributed by atoms with van der Waals surface area (Å²) >= 11 is 0. The number of fused-ring (bicyclic) bond motifs is 1. The summed E-state index contributed by atoms with van der Waals surface area (Å²) in [6.45, 7) is 6.49. The molecule has 22 heavy (non-hydrogen) atoms. The van der Waals surface area contributed by atoms with E-state index >= 15 is 0 Å². The SMILES string of the molecule is CC(C)(C)c1ccc(NC(=O)c2cc3ncccc3[nH]2)cc1. The van der Waals surface area contributed by atoms with Gasteiger partial charge >= 0.3 is 0 Å². The second-order valence-corrected chi connectivity index (χ2v) is 6.40. The van der Waals surface area contributed by atoms with Crippen LogP contribution in [0, 0.1) is 0 Å². The second kappa shape index (κ2) is 5.30. The summed E-state index contributed by atoms with van der Waals surface area (Å²) in [6, 6.07) is 13.4. The maximum Gasteiger partial charge on any atom is 0.272 e. The number of nitrogens with zero attached hydrogens (tertiary/aromatic N) is 1. The number of pyridine rings is 1. The molecular formula is C18H19N3O. The van der Waals surface area contributed by atoms with Crippen LogP contribution in [0.15, 0.2) is 48.7 Å². The highest BCUT2D eigenvalue weighted by molar-refractivity contribution is 6.05. The first-order valence-corrected chi connectivity index (χ1v) is 7.29. The van der Waals surface area contributed by atoms with E-state index in [0.717, 1.165) is 16.7 Å². The number of hydrogen-bond acceptors (Lipinski definition) is 2. The molecule has 4 heteroatoms. The Bertz CT molecular complexity index is 777. The summed E-state index contributed by atoms with van der Waals surface area (Å²) in [7, 11) is 0. The van der Waals surface area contributed by atoms with Gasteiger partial charge in [0.1, 0.15) is 5.69 Å². The minimum absolute atomic E-state index is 0.103. The number of benzene rings is 1. The number of carbonyl (C=O) groups excluding carboxylic acids is 1. The number of aromatic nitrogens is 2. The highest BCUT2D eigenvalue weighted by Gasteiger charge is 2.14. The number of anilines is 1. The third-order valence-electron chi connectivity index (χ3n) is 3.64. The average Bonchev–Trinajstić information content (AvgIpc) is 2.91. The Morgan fingerprint density at radius 2 is 1.86 bits per heavy atom. The van der Waals surface area contributed by atoms with Gasteiger partial charge in [-0.3, -0.25) is 9.78 Å². The van der Waals surface area contributed by atoms with Crippen molar-refractivity contribution in [1.82, 2.24) is 9.97 Å². The van der Waals surface area contributed by atoms with Gasteiger partial charge in [-0.15, -0.1) is 0 Å². The summed E-state index contributed by atoms with van der Waals surface area (Å²) in [5.41, 5.74) is 4.27. The predicted octanol–water partition coefficient (Wildman–Crippen LogP) is 4.11. The summed E-state index contributed by atoms with van der Waals surface area (Å²) < 4.78 is 0. The Labute approximate surface area is 129 Å². The van der Waals surface area contributed by atoms with Crippen LogP contribution in [0.4, 0.5) is 5.69 Å². The molecule has 0 atom stereocenters. The van der Waals surface area contributed by atoms with Crippen molar-refractivity contribution < 1.29 is 4.79 Å². The lowest BCUT2D eigenvalue weighted by molar-refractivity contribution is 0.102. The normalized spacial score (nSPS) is 11.6. The number of hydrogen-bond donors (Lipinski definition) is 2. The summed E-state index contributed by atoms with van der Waals surface area (Å²) in [4.78, 5) is 19.6. The van der Waals surface area contributed by atoms with Gasteiger partial charge in [0.25, 0.3) is 5.91 Å². The Morgan fingerprint density at radius 1 is 1.14 bits per heavy atom. The monoisotopic (exact) mass is 293 g/mol. The van der Waals surface area contributed by atoms with Crippen molar-refractivity contribution in [1.29, 1.82) is 0 Å². The van der Waals surface area contributed by atoms with Crippen molar-refractivity contribution in [3.63, 3.8) is 0 Å². The van der Waals surface area contributed by atoms with Crippen molar-refractivity contribution in [2.75, 3.05) is 5.32 Å². The van der Waals surface area contributed by atoms with Gasteiger partial charge in [0.2, 0.25) is 0 Å². The molecule has 0 aliphatic rings. The van der Waals surface area contributed by atoms with Crippen molar-refractivity contribution in [3.05, 3.63) is 59.9 Å². The van der Waals surface area contributed by atoms with E-state index in [2.05, 4.69) is 36.1 Å². The zero-order valence-electron chi connectivity index (χ0n) is 13.0. The third-order valence-corrected chi connectivity index (χ3v) is 3.64. The molecule has 0 aliphatic heterocycles. The van der Waals surface area contributed by atoms with E-state index in [1.165, 1.54) is 5.56 Å². The molecule has 0 spiro atoms. The number of aromatic amines is 1. The molecule has 2 aromatic heterocycles. The molecular weight excluding hydrogens is 274 g/mol. The Kier molecular flexibility index (Phi) is 3.45. The molecule has 1 aromatic carbocycles. The van der Waals surface area contributed by atoms with Crippen LogP contribution in [0.1, 0.15) is 36.8 Å². The first kappa shape index (κ1) is 14.3. The fraction of sp³-hybridized carbons (Fsp3) is 0.222. The molecule has 0 unspecified atom stereocenters. The lowest BCUT2D eigenvalue weighted by Crippen LogP contribution is -2.13. The molecule has 0 bridgehead atoms. The van der Waals surface area contributed by atoms with Crippen molar-refractivity contribution >= 4 is 22.6 Å². The van der Waals surface area contributed by atoms with E-state index in [1.807, 2.05) is 36.4 Å². The van der Waals surface area contributed by atoms with E-state index in [-0.39, 0.29) is 11.3 Å². The number of rotatable bonds is 2. The van der Waals surface area contributed by atoms with Gasteiger partial charge in [-0.2, -0.15) is 0 Å². The fourth-order valence-electron chi connectivity index (χ4n) is 2.33. The third kappa shape index (κ3) is 2.86. The molecule has 2 heterocycles. The summed E-state index contributed by atoms with van der Waals surface area (Å²) in [5, 5.41) is 2.90. The molecule has 3 aromatic rings. The van der Waals surface area contributed by atoms with Gasteiger partial charge in [-0.1, -0.05) is 32.9 Å². The van der Waals surface area contributed by atoms with Gasteiger partial charge in [-0.05, 0) is 41.3 Å². The molecule has 0 aliphatic carbocycles. The first-order chi connectivity index (χ1) is 10.4. The van der Waals surface area contributed by atoms with Crippen LogP contribution in [-0.2, 0) is 5.41 Å². The van der Waals surface area contributed by atoms with Crippen LogP contribution in [0.25, 0.3) is 11.0 Å². The van der Waals surface area contributed by atoms with E-state index in [4.69, 9.17) is 0 Å². The first-order valence-electron chi connectivity index (χ1n) is 7.29. The van der Waals surface area contributed by atoms with Crippen molar-refractivity contribution in [2.24, 2.45) is 0 Å². The minimum atomic E-state index is -0.165. The zero-order chi connectivity index (χ0) is 15.7. The minimum Gasteiger partial charge on any atom is -0.349 e. The molecule has 1 amide bonds. The van der Waals surface area contributed by atoms with Crippen LogP contribution in [0.5, 0.6) is 0 Å². The highest BCUT2D eigenvalue weighted by atomic mass is 16.1. The van der Waals surface area contributed by atoms with E-state index in [0.29, 0.717) is 5.69 Å². The highest BCUT2D eigenvalue weighted by Crippen LogP contribution is 2.23. The number of nitrogens with one attached hydrogen (secondary N) is 2. The zero-order valence-corrected chi connectivity index (χ0v) is 13.0. The van der Waals surface area contributed by atoms with Gasteiger partial charge < -0.3 is 10.3 Å². The molecule has 0 saturated heterocycles. The molecule has 0 radical (unpaired) electrons. The standard InChI is InChI=1S/C18H19N3O/c1-18(2,3)12-6-8-13(9-7-12)20-17(22)16-11-15-14(21-16)5-4-10-19-15/h4-11,21H,1-3H3,(H,20,22). The Hall–Kier alpha value is -2.62. The molecule has 4 nitrogen and oxygen atoms in total. The van der Waals surface area contributed by atoms with Crippen molar-refractivity contribution in [2.45, 2.75) is 26.2 Å². The summed E-state index contributed by atoms with van der Waals surface area (Å²) in [6.07, 6.45) is 1.71. The fourth-order valence-corrected chi connectivity index (χ4v) is 2.33. The summed E-state index contributed by atoms with van der Waals surface area (Å²) in [5.74, 6) is -0.165. The van der Waals surface area contributed by atoms with Crippen LogP contribution in [-0.4, -0.2) is 15.9 Å². The van der Waals surface area contributed by atoms with Gasteiger partial charge in [0.05, 0.1) is 11.0 Å². The molecule has 3 rings (SSSR count). The van der Waals surface area contributed by atoms with Crippen LogP contribution in [0.3, 0.4) is 0 Å². The smallest absolute Gasteiger partial charge is 0.272 e. The van der Waals surface area contributed by atoms with Crippen molar-refractivity contribution in [3.8, 4) is 0 Å². The lowest BCUT2D eigenvalue weighted by Gasteiger charge is -2.19. The Morgan fingerprint density at radius 3 is 2.50 bits per heavy atom. The average molecular weight is 293 g/mol. The topological polar surface area (TPSA) is 57.8 Å². The lowest BCUT2D eigenvalue weighted by atomic mass is 9.87. The van der Waals surface area contributed by atoms with E-state index in [1.54, 1.807) is 12.3 Å². The molecule has 0 fully saturated rings. The number of amides is 1. The largest absolute Gasteiger partial charge is 0.349 e. The van der Waals surface area contributed by atoms with Crippen LogP contribution < -0.4 is 5.32 Å². The second-order valence-electron chi connectivity index (χ2n) is 6.40. The molecule has 0 saturated carbocycles. The van der Waals surface area contributed by atoms with E-state index in [9.17, 15) is 4.79 Å². The van der Waals surface area contributed by atoms with Gasteiger partial charge in [0, 0.05) is 11.9 Å². The van der Waals surface area contributed by atoms with Gasteiger partial charge in [-0.25, -0.2) is 0 Å². The number of H-pyrrole nitrogens is 1. The van der Waals surface area contributed by atoms with Gasteiger partial charge in [0.15, 0.2) is 0 Å². The molecule has 2 N–H and O–H groups in total. The van der Waals surface area contributed by atoms with Crippen LogP contribution >= 0.6 is 0 Å². The maximum absolute atomic E-state index is 12.3. The quantitative estimate of drug-likeness (QED) is 0.747. The Balaban J connectivity index is 1.79. The van der Waals surface area contributed by atoms with E-state index < -0.39 is 0 Å². The van der Waals surface area contributed by atoms with Crippen LogP contribution in [0.2, 0.25) is 0 Å². The predicted molar refractivity (Wildman–Crippen MR) is 89.2 cm³/mol.